The first-order valence-electron chi connectivity index (χ1n) is 5.94. The molecular weight excluding hydrogens is 300 g/mol. The summed E-state index contributed by atoms with van der Waals surface area (Å²) in [4.78, 5) is 33.6. The number of esters is 2. The topological polar surface area (TPSA) is 133 Å². The number of benzene rings is 1. The van der Waals surface area contributed by atoms with Gasteiger partial charge in [-0.1, -0.05) is 18.2 Å². The third-order valence-electron chi connectivity index (χ3n) is 2.59. The average Bonchev–Trinajstić information content (AvgIpc) is 2.39. The molecule has 116 valence electrons. The van der Waals surface area contributed by atoms with E-state index in [1.165, 1.54) is 12.1 Å². The first-order chi connectivity index (χ1) is 9.33. The van der Waals surface area contributed by atoms with Crippen molar-refractivity contribution in [3.63, 3.8) is 0 Å². The number of carboxylic acid groups (broad SMARTS) is 1. The third-order valence-corrected chi connectivity index (χ3v) is 2.59. The van der Waals surface area contributed by atoms with E-state index < -0.39 is 23.6 Å². The van der Waals surface area contributed by atoms with Crippen LogP contribution in [0.5, 0.6) is 0 Å². The standard InChI is InChI=1S/C13H16N2O5.ClH/c14-13(15,12(18)19)8-4-7-10(16)20-11(17)9-5-2-1-3-6-9;/h1-3,5-6H,4,7-8,14-15H2,(H,18,19);1H. The number of carbonyl (C=O) groups excluding carboxylic acids is 2. The molecule has 0 aliphatic heterocycles. The fourth-order valence-corrected chi connectivity index (χ4v) is 1.42. The summed E-state index contributed by atoms with van der Waals surface area (Å²) in [7, 11) is 0. The number of halogens is 1. The molecule has 0 aliphatic rings. The number of rotatable bonds is 6. The smallest absolute Gasteiger partial charge is 0.345 e. The Hall–Kier alpha value is -1.96. The van der Waals surface area contributed by atoms with Crippen LogP contribution in [-0.4, -0.2) is 28.7 Å². The lowest BCUT2D eigenvalue weighted by atomic mass is 10.1. The van der Waals surface area contributed by atoms with Gasteiger partial charge >= 0.3 is 17.9 Å². The zero-order valence-corrected chi connectivity index (χ0v) is 12.0. The van der Waals surface area contributed by atoms with Crippen LogP contribution in [0.1, 0.15) is 29.6 Å². The number of nitrogens with two attached hydrogens (primary N) is 2. The molecule has 0 unspecified atom stereocenters. The summed E-state index contributed by atoms with van der Waals surface area (Å²) in [5.74, 6) is -2.85. The van der Waals surface area contributed by atoms with Gasteiger partial charge in [-0.15, -0.1) is 12.4 Å². The molecule has 0 radical (unpaired) electrons. The number of hydrogen-bond acceptors (Lipinski definition) is 6. The molecule has 0 fully saturated rings. The number of carboxylic acids is 1. The Morgan fingerprint density at radius 3 is 2.24 bits per heavy atom. The summed E-state index contributed by atoms with van der Waals surface area (Å²) in [5, 5.41) is 8.68. The van der Waals surface area contributed by atoms with Gasteiger partial charge in [-0.3, -0.25) is 4.79 Å². The first kappa shape index (κ1) is 19.0. The van der Waals surface area contributed by atoms with Crippen molar-refractivity contribution < 1.29 is 24.2 Å². The maximum Gasteiger partial charge on any atom is 0.345 e. The predicted molar refractivity (Wildman–Crippen MR) is 76.7 cm³/mol. The van der Waals surface area contributed by atoms with Gasteiger partial charge in [0, 0.05) is 6.42 Å². The van der Waals surface area contributed by atoms with E-state index in [2.05, 4.69) is 4.74 Å². The molecule has 1 aromatic rings. The Kier molecular flexibility index (Phi) is 7.57. The third kappa shape index (κ3) is 6.35. The highest BCUT2D eigenvalue weighted by molar-refractivity contribution is 5.96. The Balaban J connectivity index is 0.00000400. The van der Waals surface area contributed by atoms with Crippen LogP contribution in [0.15, 0.2) is 30.3 Å². The average molecular weight is 317 g/mol. The van der Waals surface area contributed by atoms with Gasteiger partial charge in [-0.2, -0.15) is 0 Å². The molecule has 7 nitrogen and oxygen atoms in total. The molecule has 1 aromatic carbocycles. The van der Waals surface area contributed by atoms with E-state index in [1.807, 2.05) is 0 Å². The summed E-state index contributed by atoms with van der Waals surface area (Å²) in [5.41, 5.74) is 8.97. The number of aliphatic carboxylic acids is 1. The van der Waals surface area contributed by atoms with Gasteiger partial charge in [0.2, 0.25) is 0 Å². The number of hydrogen-bond donors (Lipinski definition) is 3. The van der Waals surface area contributed by atoms with Crippen LogP contribution in [0.3, 0.4) is 0 Å². The van der Waals surface area contributed by atoms with Gasteiger partial charge in [0.1, 0.15) is 0 Å². The lowest BCUT2D eigenvalue weighted by Gasteiger charge is -2.18. The predicted octanol–water partition coefficient (Wildman–Crippen LogP) is 0.660. The highest BCUT2D eigenvalue weighted by Crippen LogP contribution is 2.08. The van der Waals surface area contributed by atoms with Crippen LogP contribution in [0.4, 0.5) is 0 Å². The van der Waals surface area contributed by atoms with Crippen molar-refractivity contribution >= 4 is 30.3 Å². The van der Waals surface area contributed by atoms with E-state index in [0.29, 0.717) is 0 Å². The van der Waals surface area contributed by atoms with Crippen LogP contribution in [-0.2, 0) is 14.3 Å². The molecule has 0 saturated heterocycles. The van der Waals surface area contributed by atoms with Gasteiger partial charge < -0.3 is 21.3 Å². The minimum Gasteiger partial charge on any atom is -0.479 e. The van der Waals surface area contributed by atoms with Crippen LogP contribution in [0.25, 0.3) is 0 Å². The maximum atomic E-state index is 11.5. The SMILES string of the molecule is Cl.NC(N)(CCCC(=O)OC(=O)c1ccccc1)C(=O)O. The second-order valence-electron chi connectivity index (χ2n) is 4.33. The molecule has 0 aliphatic carbocycles. The van der Waals surface area contributed by atoms with Gasteiger partial charge in [-0.05, 0) is 25.0 Å². The quantitative estimate of drug-likeness (QED) is 0.399. The molecule has 1 rings (SSSR count). The van der Waals surface area contributed by atoms with E-state index in [0.717, 1.165) is 0 Å². The maximum absolute atomic E-state index is 11.5. The van der Waals surface area contributed by atoms with Crippen molar-refractivity contribution in [3.05, 3.63) is 35.9 Å². The first-order valence-corrected chi connectivity index (χ1v) is 5.94. The van der Waals surface area contributed by atoms with E-state index in [-0.39, 0.29) is 37.2 Å². The van der Waals surface area contributed by atoms with Gasteiger partial charge in [0.15, 0.2) is 5.66 Å². The van der Waals surface area contributed by atoms with E-state index in [9.17, 15) is 14.4 Å². The normalized spacial score (nSPS) is 10.4. The second-order valence-corrected chi connectivity index (χ2v) is 4.33. The monoisotopic (exact) mass is 316 g/mol. The van der Waals surface area contributed by atoms with Crippen molar-refractivity contribution in [1.82, 2.24) is 0 Å². The molecular formula is C13H17ClN2O5. The van der Waals surface area contributed by atoms with Crippen molar-refractivity contribution in [2.75, 3.05) is 0 Å². The molecule has 0 bridgehead atoms. The lowest BCUT2D eigenvalue weighted by Crippen LogP contribution is -2.56. The fraction of sp³-hybridized carbons (Fsp3) is 0.308. The molecule has 0 saturated carbocycles. The minimum atomic E-state index is -1.89. The summed E-state index contributed by atoms with van der Waals surface area (Å²) in [6.45, 7) is 0. The van der Waals surface area contributed by atoms with Crippen LogP contribution in [0.2, 0.25) is 0 Å². The fourth-order valence-electron chi connectivity index (χ4n) is 1.42. The highest BCUT2D eigenvalue weighted by atomic mass is 35.5. The Morgan fingerprint density at radius 2 is 1.71 bits per heavy atom. The number of ether oxygens (including phenoxy) is 1. The molecule has 0 spiro atoms. The van der Waals surface area contributed by atoms with E-state index in [4.69, 9.17) is 16.6 Å². The summed E-state index contributed by atoms with van der Waals surface area (Å²) < 4.78 is 4.60. The molecule has 5 N–H and O–H groups in total. The Morgan fingerprint density at radius 1 is 1.14 bits per heavy atom. The van der Waals surface area contributed by atoms with Crippen molar-refractivity contribution in [2.45, 2.75) is 24.9 Å². The molecule has 21 heavy (non-hydrogen) atoms. The summed E-state index contributed by atoms with van der Waals surface area (Å²) >= 11 is 0. The zero-order valence-electron chi connectivity index (χ0n) is 11.2. The van der Waals surface area contributed by atoms with Gasteiger partial charge in [0.25, 0.3) is 0 Å². The lowest BCUT2D eigenvalue weighted by molar-refractivity contribution is -0.144. The van der Waals surface area contributed by atoms with Crippen LogP contribution >= 0.6 is 12.4 Å². The second kappa shape index (κ2) is 8.35. The minimum absolute atomic E-state index is 0. The van der Waals surface area contributed by atoms with Crippen molar-refractivity contribution in [2.24, 2.45) is 11.5 Å². The molecule has 8 heteroatoms. The molecule has 0 heterocycles. The van der Waals surface area contributed by atoms with Gasteiger partial charge in [-0.25, -0.2) is 9.59 Å². The molecule has 0 amide bonds. The zero-order chi connectivity index (χ0) is 15.2. The van der Waals surface area contributed by atoms with E-state index >= 15 is 0 Å². The molecule has 0 aromatic heterocycles. The van der Waals surface area contributed by atoms with Crippen molar-refractivity contribution in [1.29, 1.82) is 0 Å². The van der Waals surface area contributed by atoms with Crippen LogP contribution < -0.4 is 11.5 Å². The van der Waals surface area contributed by atoms with E-state index in [1.54, 1.807) is 18.2 Å². The Bertz CT molecular complexity index is 505. The number of carbonyl (C=O) groups is 3. The highest BCUT2D eigenvalue weighted by Gasteiger charge is 2.28. The Labute approximate surface area is 127 Å². The summed E-state index contributed by atoms with van der Waals surface area (Å²) in [6.07, 6.45) is -0.126. The van der Waals surface area contributed by atoms with Gasteiger partial charge in [0.05, 0.1) is 5.56 Å². The summed E-state index contributed by atoms with van der Waals surface area (Å²) in [6, 6.07) is 8.05. The largest absolute Gasteiger partial charge is 0.479 e. The van der Waals surface area contributed by atoms with Crippen molar-refractivity contribution in [3.8, 4) is 0 Å². The van der Waals surface area contributed by atoms with Crippen LogP contribution in [0, 0.1) is 0 Å². The molecule has 0 atom stereocenters.